The lowest BCUT2D eigenvalue weighted by Gasteiger charge is -2.12. The van der Waals surface area contributed by atoms with Crippen molar-refractivity contribution >= 4 is 34.3 Å². The van der Waals surface area contributed by atoms with Crippen LogP contribution in [0.25, 0.3) is 10.9 Å². The predicted molar refractivity (Wildman–Crippen MR) is 105 cm³/mol. The number of carbonyl (C=O) groups is 1. The number of anilines is 1. The summed E-state index contributed by atoms with van der Waals surface area (Å²) in [5, 5.41) is 3.89. The SMILES string of the molecule is Cc1cc(NC(=O)c2ccc(OC3CCSC3)nc2)c2ccccc2n1. The minimum absolute atomic E-state index is 0.198. The Bertz CT molecular complexity index is 937. The van der Waals surface area contributed by atoms with Crippen molar-refractivity contribution in [2.75, 3.05) is 16.8 Å². The van der Waals surface area contributed by atoms with E-state index in [-0.39, 0.29) is 12.0 Å². The molecular weight excluding hydrogens is 346 g/mol. The standard InChI is InChI=1S/C20H19N3O2S/c1-13-10-18(16-4-2-3-5-17(16)22-13)23-20(24)14-6-7-19(21-11-14)25-15-8-9-26-12-15/h2-7,10-11,15H,8-9,12H2,1H3,(H,22,23,24). The Morgan fingerprint density at radius 3 is 2.92 bits per heavy atom. The van der Waals surface area contributed by atoms with Crippen molar-refractivity contribution in [2.24, 2.45) is 0 Å². The minimum atomic E-state index is -0.198. The Labute approximate surface area is 156 Å². The molecule has 2 aromatic heterocycles. The molecule has 1 aliphatic heterocycles. The number of fused-ring (bicyclic) bond motifs is 1. The van der Waals surface area contributed by atoms with Gasteiger partial charge in [-0.1, -0.05) is 18.2 Å². The summed E-state index contributed by atoms with van der Waals surface area (Å²) in [5.74, 6) is 2.50. The van der Waals surface area contributed by atoms with Crippen LogP contribution in [0.15, 0.2) is 48.7 Å². The molecule has 1 saturated heterocycles. The number of thioether (sulfide) groups is 1. The number of aryl methyl sites for hydroxylation is 1. The van der Waals surface area contributed by atoms with Gasteiger partial charge in [-0.05, 0) is 37.3 Å². The van der Waals surface area contributed by atoms with Gasteiger partial charge in [-0.3, -0.25) is 9.78 Å². The molecular formula is C20H19N3O2S. The Kier molecular flexibility index (Phi) is 4.75. The van der Waals surface area contributed by atoms with E-state index >= 15 is 0 Å². The lowest BCUT2D eigenvalue weighted by molar-refractivity contribution is 0.102. The molecule has 1 atom stereocenters. The fourth-order valence-corrected chi connectivity index (χ4v) is 4.06. The highest BCUT2D eigenvalue weighted by Crippen LogP contribution is 2.24. The number of carbonyl (C=O) groups excluding carboxylic acids is 1. The topological polar surface area (TPSA) is 64.1 Å². The Morgan fingerprint density at radius 2 is 2.15 bits per heavy atom. The normalized spacial score (nSPS) is 16.6. The number of rotatable bonds is 4. The van der Waals surface area contributed by atoms with E-state index in [1.54, 1.807) is 18.3 Å². The van der Waals surface area contributed by atoms with Gasteiger partial charge in [0.05, 0.1) is 16.8 Å². The van der Waals surface area contributed by atoms with E-state index in [1.165, 1.54) is 0 Å². The van der Waals surface area contributed by atoms with Crippen molar-refractivity contribution < 1.29 is 9.53 Å². The van der Waals surface area contributed by atoms with Crippen LogP contribution in [0.3, 0.4) is 0 Å². The fourth-order valence-electron chi connectivity index (χ4n) is 2.97. The third kappa shape index (κ3) is 3.65. The highest BCUT2D eigenvalue weighted by atomic mass is 32.2. The van der Waals surface area contributed by atoms with E-state index in [2.05, 4.69) is 15.3 Å². The molecule has 3 heterocycles. The molecule has 1 fully saturated rings. The molecule has 3 aromatic rings. The smallest absolute Gasteiger partial charge is 0.257 e. The Balaban J connectivity index is 1.51. The maximum absolute atomic E-state index is 12.6. The number of nitrogens with zero attached hydrogens (tertiary/aromatic N) is 2. The number of amides is 1. The van der Waals surface area contributed by atoms with E-state index < -0.39 is 0 Å². The highest BCUT2D eigenvalue weighted by molar-refractivity contribution is 7.99. The molecule has 1 amide bonds. The van der Waals surface area contributed by atoms with Crippen LogP contribution >= 0.6 is 11.8 Å². The average molecular weight is 365 g/mol. The molecule has 132 valence electrons. The van der Waals surface area contributed by atoms with Crippen LogP contribution < -0.4 is 10.1 Å². The Hall–Kier alpha value is -2.60. The third-order valence-corrected chi connectivity index (χ3v) is 5.40. The minimum Gasteiger partial charge on any atom is -0.473 e. The molecule has 0 aliphatic carbocycles. The summed E-state index contributed by atoms with van der Waals surface area (Å²) in [7, 11) is 0. The maximum atomic E-state index is 12.6. The third-order valence-electron chi connectivity index (χ3n) is 4.27. The summed E-state index contributed by atoms with van der Waals surface area (Å²) in [4.78, 5) is 21.4. The average Bonchev–Trinajstić information content (AvgIpc) is 3.15. The summed E-state index contributed by atoms with van der Waals surface area (Å²) in [5.41, 5.74) is 2.97. The molecule has 1 aromatic carbocycles. The first-order valence-electron chi connectivity index (χ1n) is 8.57. The van der Waals surface area contributed by atoms with Crippen molar-refractivity contribution in [3.63, 3.8) is 0 Å². The molecule has 1 unspecified atom stereocenters. The van der Waals surface area contributed by atoms with Gasteiger partial charge in [-0.15, -0.1) is 0 Å². The van der Waals surface area contributed by atoms with Crippen LogP contribution in [0.1, 0.15) is 22.5 Å². The van der Waals surface area contributed by atoms with Crippen LogP contribution in [-0.4, -0.2) is 33.5 Å². The van der Waals surface area contributed by atoms with E-state index in [9.17, 15) is 4.79 Å². The number of aromatic nitrogens is 2. The zero-order valence-corrected chi connectivity index (χ0v) is 15.3. The summed E-state index contributed by atoms with van der Waals surface area (Å²) in [6.45, 7) is 1.91. The second-order valence-corrected chi connectivity index (χ2v) is 7.42. The monoisotopic (exact) mass is 365 g/mol. The number of ether oxygens (including phenoxy) is 1. The van der Waals surface area contributed by atoms with Gasteiger partial charge in [0, 0.05) is 29.1 Å². The van der Waals surface area contributed by atoms with Gasteiger partial charge in [0.2, 0.25) is 5.88 Å². The van der Waals surface area contributed by atoms with E-state index in [1.807, 2.05) is 49.0 Å². The highest BCUT2D eigenvalue weighted by Gasteiger charge is 2.18. The zero-order chi connectivity index (χ0) is 17.9. The molecule has 0 saturated carbocycles. The number of nitrogens with one attached hydrogen (secondary N) is 1. The van der Waals surface area contributed by atoms with Crippen LogP contribution in [0.5, 0.6) is 5.88 Å². The quantitative estimate of drug-likeness (QED) is 0.755. The Morgan fingerprint density at radius 1 is 1.27 bits per heavy atom. The number of pyridine rings is 2. The summed E-state index contributed by atoms with van der Waals surface area (Å²) < 4.78 is 5.83. The van der Waals surface area contributed by atoms with Gasteiger partial charge in [0.25, 0.3) is 5.91 Å². The number of benzene rings is 1. The fraction of sp³-hybridized carbons (Fsp3) is 0.250. The van der Waals surface area contributed by atoms with E-state index in [0.717, 1.165) is 40.2 Å². The van der Waals surface area contributed by atoms with Crippen LogP contribution in [0, 0.1) is 6.92 Å². The number of hydrogen-bond donors (Lipinski definition) is 1. The number of hydrogen-bond acceptors (Lipinski definition) is 5. The summed E-state index contributed by atoms with van der Waals surface area (Å²) in [6, 6.07) is 13.1. The van der Waals surface area contributed by atoms with Crippen LogP contribution in [-0.2, 0) is 0 Å². The maximum Gasteiger partial charge on any atom is 0.257 e. The molecule has 0 radical (unpaired) electrons. The van der Waals surface area contributed by atoms with Crippen LogP contribution in [0.2, 0.25) is 0 Å². The molecule has 0 spiro atoms. The zero-order valence-electron chi connectivity index (χ0n) is 14.4. The van der Waals surface area contributed by atoms with Crippen molar-refractivity contribution in [1.29, 1.82) is 0 Å². The summed E-state index contributed by atoms with van der Waals surface area (Å²) >= 11 is 1.89. The van der Waals surface area contributed by atoms with E-state index in [0.29, 0.717) is 11.4 Å². The molecule has 5 nitrogen and oxygen atoms in total. The second kappa shape index (κ2) is 7.33. The first-order valence-corrected chi connectivity index (χ1v) is 9.73. The lowest BCUT2D eigenvalue weighted by atomic mass is 10.1. The molecule has 1 N–H and O–H groups in total. The van der Waals surface area contributed by atoms with Gasteiger partial charge in [-0.25, -0.2) is 4.98 Å². The first-order chi connectivity index (χ1) is 12.7. The second-order valence-electron chi connectivity index (χ2n) is 6.27. The van der Waals surface area contributed by atoms with E-state index in [4.69, 9.17) is 4.74 Å². The largest absolute Gasteiger partial charge is 0.473 e. The first kappa shape index (κ1) is 16.8. The molecule has 4 rings (SSSR count). The lowest BCUT2D eigenvalue weighted by Crippen LogP contribution is -2.16. The molecule has 1 aliphatic rings. The van der Waals surface area contributed by atoms with Gasteiger partial charge in [-0.2, -0.15) is 11.8 Å². The molecule has 0 bridgehead atoms. The summed E-state index contributed by atoms with van der Waals surface area (Å²) in [6.07, 6.45) is 2.82. The molecule has 26 heavy (non-hydrogen) atoms. The van der Waals surface area contributed by atoms with Gasteiger partial charge in [0.1, 0.15) is 6.10 Å². The van der Waals surface area contributed by atoms with Gasteiger partial charge < -0.3 is 10.1 Å². The van der Waals surface area contributed by atoms with Gasteiger partial charge in [0.15, 0.2) is 0 Å². The molecule has 6 heteroatoms. The van der Waals surface area contributed by atoms with Crippen molar-refractivity contribution in [3.8, 4) is 5.88 Å². The van der Waals surface area contributed by atoms with Crippen LogP contribution in [0.4, 0.5) is 5.69 Å². The van der Waals surface area contributed by atoms with Crippen molar-refractivity contribution in [1.82, 2.24) is 9.97 Å². The predicted octanol–water partition coefficient (Wildman–Crippen LogP) is 4.07. The van der Waals surface area contributed by atoms with Crippen molar-refractivity contribution in [2.45, 2.75) is 19.4 Å². The van der Waals surface area contributed by atoms with Crippen molar-refractivity contribution in [3.05, 3.63) is 59.9 Å². The number of para-hydroxylation sites is 1. The van der Waals surface area contributed by atoms with Gasteiger partial charge >= 0.3 is 0 Å².